The molecule has 401 valence electrons. The third kappa shape index (κ3) is 11.8. The van der Waals surface area contributed by atoms with Crippen LogP contribution in [0.1, 0.15) is 102 Å². The van der Waals surface area contributed by atoms with Crippen LogP contribution in [-0.4, -0.2) is 9.97 Å². The molecule has 1 radical (unpaired) electrons. The van der Waals surface area contributed by atoms with Crippen LogP contribution in [0.3, 0.4) is 0 Å². The van der Waals surface area contributed by atoms with Gasteiger partial charge in [0.05, 0.1) is 0 Å². The average Bonchev–Trinajstić information content (AvgIpc) is 4.28. The van der Waals surface area contributed by atoms with Crippen molar-refractivity contribution in [2.24, 2.45) is 0 Å². The average molecular weight is 1170 g/mol. The summed E-state index contributed by atoms with van der Waals surface area (Å²) in [6, 6.07) is 15.1. The summed E-state index contributed by atoms with van der Waals surface area (Å²) in [6.07, 6.45) is 12.7. The van der Waals surface area contributed by atoms with Crippen molar-refractivity contribution in [1.82, 2.24) is 29.9 Å². The molecule has 77 heavy (non-hydrogen) atoms. The van der Waals surface area contributed by atoms with Gasteiger partial charge in [-0.3, -0.25) is 9.97 Å². The van der Waals surface area contributed by atoms with Gasteiger partial charge in [-0.05, 0) is 84.1 Å². The summed E-state index contributed by atoms with van der Waals surface area (Å²) in [4.78, 5) is 24.0. The Bertz CT molecular complexity index is 3200. The van der Waals surface area contributed by atoms with E-state index >= 15 is 26.3 Å². The minimum atomic E-state index is -2.62. The second-order valence-electron chi connectivity index (χ2n) is 16.6. The predicted octanol–water partition coefficient (Wildman–Crippen LogP) is 14.0. The van der Waals surface area contributed by atoms with Crippen LogP contribution >= 0.6 is 0 Å². The Kier molecular flexibility index (Phi) is 19.0. The van der Waals surface area contributed by atoms with Crippen LogP contribution in [0, 0.1) is 119 Å². The SMILES string of the molecule is CCCCCC.Cc1cccnc1.Cc1cccnc1.Fc1c(F)c(F)c([C+]2c3ccc([n-]3)-c3ccc([n-]3)[C+](c3c(F)c(F)c(F)c(F)c3F)c3ccc([n-]3)[C+](c3c(F)c(F)c(F)c(F)c3F)c3ccc2[n-]3)c(F)c1F.[Rh]. The van der Waals surface area contributed by atoms with E-state index in [0.717, 1.165) is 48.5 Å². The van der Waals surface area contributed by atoms with Gasteiger partial charge in [-0.2, -0.15) is 65.9 Å². The van der Waals surface area contributed by atoms with Crippen LogP contribution in [0.5, 0.6) is 0 Å². The first-order valence-electron chi connectivity index (χ1n) is 22.7. The van der Waals surface area contributed by atoms with E-state index in [1.54, 1.807) is 12.4 Å². The molecule has 0 saturated heterocycles. The van der Waals surface area contributed by atoms with Crippen LogP contribution in [0.25, 0.3) is 11.4 Å². The summed E-state index contributed by atoms with van der Waals surface area (Å²) in [7, 11) is 0. The van der Waals surface area contributed by atoms with Crippen LogP contribution < -0.4 is 19.9 Å². The first-order valence-corrected chi connectivity index (χ1v) is 22.7. The van der Waals surface area contributed by atoms with E-state index in [1.165, 1.54) is 36.8 Å². The van der Waals surface area contributed by atoms with Gasteiger partial charge < -0.3 is 19.9 Å². The number of unbranched alkanes of at least 4 members (excludes halogenated alkanes) is 3. The normalized spacial score (nSPS) is 11.6. The maximum Gasteiger partial charge on any atom is 0.238 e. The van der Waals surface area contributed by atoms with Gasteiger partial charge in [0.1, 0.15) is 0 Å². The zero-order valence-electron chi connectivity index (χ0n) is 40.3. The number of rotatable bonds is 6. The molecule has 3 aromatic carbocycles. The second-order valence-corrected chi connectivity index (χ2v) is 16.6. The largest absolute Gasteiger partial charge is 0.644 e. The molecule has 6 nitrogen and oxygen atoms in total. The number of halogens is 15. The first-order chi connectivity index (χ1) is 36.2. The maximum absolute atomic E-state index is 15.5. The molecule has 0 N–H and O–H groups in total. The van der Waals surface area contributed by atoms with E-state index in [-0.39, 0.29) is 30.9 Å². The standard InChI is InChI=1S/C37H8F15N4.2C6H7N.C6H14.Rh/c38-23-20(24(39)30(45)35(50)29(23)44)17-11-3-1-9(53-11)10-2-4-12(54-10)18(21-25(40)31(46)36(51)32(47)26(21)41)14-6-8-16(56-14)19(15-7-5-13(17)55-15)22-27(42)33(48)37(52)34(49)28(22)43;2*1-6-3-2-4-7-5-6;1-3-5-6-4-2;/h1-8H;2*2-5H,1H3;3-6H2,1-2H3;/q-1;;;;. The number of fused-ring (bicyclic) bond motifs is 9. The van der Waals surface area contributed by atoms with E-state index in [0.29, 0.717) is 0 Å². The number of aromatic nitrogens is 6. The molecular weight excluding hydrogens is 1130 g/mol. The van der Waals surface area contributed by atoms with Crippen molar-refractivity contribution in [3.63, 3.8) is 0 Å². The summed E-state index contributed by atoms with van der Waals surface area (Å²) < 4.78 is 223. The van der Waals surface area contributed by atoms with Gasteiger partial charge in [-0.15, -0.1) is 11.4 Å². The fourth-order valence-corrected chi connectivity index (χ4v) is 7.60. The Balaban J connectivity index is 0.000000383. The number of pyridine rings is 2. The molecule has 7 heterocycles. The Morgan fingerprint density at radius 3 is 0.779 bits per heavy atom. The summed E-state index contributed by atoms with van der Waals surface area (Å²) in [5.74, 6) is -40.0. The van der Waals surface area contributed by atoms with E-state index in [9.17, 15) is 39.5 Å². The maximum atomic E-state index is 15.5. The zero-order chi connectivity index (χ0) is 55.3. The Hall–Kier alpha value is -7.74. The summed E-state index contributed by atoms with van der Waals surface area (Å²) >= 11 is 0. The molecule has 1 aliphatic rings. The summed E-state index contributed by atoms with van der Waals surface area (Å²) in [6.45, 7) is 8.51. The van der Waals surface area contributed by atoms with Gasteiger partial charge in [0.15, 0.2) is 16.7 Å². The van der Waals surface area contributed by atoms with E-state index in [4.69, 9.17) is 0 Å². The van der Waals surface area contributed by atoms with Crippen molar-refractivity contribution < 1.29 is 85.3 Å². The molecule has 8 bridgehead atoms. The minimum absolute atomic E-state index is 0. The molecule has 10 rings (SSSR count). The fourth-order valence-electron chi connectivity index (χ4n) is 7.60. The first kappa shape index (κ1) is 58.5. The van der Waals surface area contributed by atoms with Crippen molar-refractivity contribution in [1.29, 1.82) is 0 Å². The molecule has 0 aliphatic carbocycles. The second kappa shape index (κ2) is 24.9. The van der Waals surface area contributed by atoms with Crippen LogP contribution in [0.4, 0.5) is 65.9 Å². The van der Waals surface area contributed by atoms with Gasteiger partial charge in [-0.1, -0.05) is 63.1 Å². The molecule has 0 amide bonds. The topological polar surface area (TPSA) is 82.2 Å². The molecule has 0 fully saturated rings. The van der Waals surface area contributed by atoms with Gasteiger partial charge >= 0.3 is 0 Å². The zero-order valence-corrected chi connectivity index (χ0v) is 41.9. The third-order valence-corrected chi connectivity index (χ3v) is 11.3. The molecule has 0 unspecified atom stereocenters. The van der Waals surface area contributed by atoms with Crippen molar-refractivity contribution in [2.75, 3.05) is 0 Å². The van der Waals surface area contributed by atoms with Crippen molar-refractivity contribution in [3.8, 4) is 11.4 Å². The van der Waals surface area contributed by atoms with E-state index in [1.807, 2.05) is 50.5 Å². The monoisotopic (exact) mass is 1170 g/mol. The molecule has 0 spiro atoms. The molecule has 6 aromatic heterocycles. The van der Waals surface area contributed by atoms with E-state index in [2.05, 4.69) is 43.8 Å². The third-order valence-electron chi connectivity index (χ3n) is 11.3. The predicted molar refractivity (Wildman–Crippen MR) is 246 cm³/mol. The minimum Gasteiger partial charge on any atom is -0.644 e. The van der Waals surface area contributed by atoms with Gasteiger partial charge in [-0.25, -0.2) is 0 Å². The number of hydrogen-bond donors (Lipinski definition) is 0. The Morgan fingerprint density at radius 1 is 0.338 bits per heavy atom. The number of aryl methyl sites for hydroxylation is 2. The van der Waals surface area contributed by atoms with Crippen molar-refractivity contribution in [3.05, 3.63) is 265 Å². The molecular formula is C55H36F15N6Rh-. The molecule has 9 aromatic rings. The van der Waals surface area contributed by atoms with Gasteiger partial charge in [0.2, 0.25) is 87.3 Å². The summed E-state index contributed by atoms with van der Waals surface area (Å²) in [5, 5.41) is 0. The molecule has 1 aliphatic heterocycles. The van der Waals surface area contributed by atoms with Crippen LogP contribution in [0.2, 0.25) is 0 Å². The van der Waals surface area contributed by atoms with Gasteiger partial charge in [0.25, 0.3) is 0 Å². The molecule has 22 heteroatoms. The van der Waals surface area contributed by atoms with Crippen molar-refractivity contribution in [2.45, 2.75) is 53.4 Å². The quantitative estimate of drug-likeness (QED) is 0.0412. The van der Waals surface area contributed by atoms with Crippen molar-refractivity contribution >= 4 is 0 Å². The molecule has 0 saturated carbocycles. The number of benzene rings is 3. The number of nitrogens with zero attached hydrogens (tertiary/aromatic N) is 6. The number of hydrogen-bond acceptors (Lipinski definition) is 2. The smallest absolute Gasteiger partial charge is 0.238 e. The molecule has 0 atom stereocenters. The Labute approximate surface area is 443 Å². The van der Waals surface area contributed by atoms with Crippen LogP contribution in [0.15, 0.2) is 97.6 Å². The van der Waals surface area contributed by atoms with Gasteiger partial charge in [0, 0.05) is 86.3 Å². The fraction of sp³-hybridized carbons (Fsp3) is 0.145. The van der Waals surface area contributed by atoms with E-state index < -0.39 is 156 Å². The summed E-state index contributed by atoms with van der Waals surface area (Å²) in [5.41, 5.74) is -7.52. The Morgan fingerprint density at radius 2 is 0.571 bits per heavy atom. The van der Waals surface area contributed by atoms with Crippen LogP contribution in [-0.2, 0) is 19.5 Å².